The third-order valence-electron chi connectivity index (χ3n) is 7.40. The van der Waals surface area contributed by atoms with Crippen LogP contribution in [0.4, 0.5) is 11.4 Å². The summed E-state index contributed by atoms with van der Waals surface area (Å²) in [5.74, 6) is -2.45. The van der Waals surface area contributed by atoms with E-state index in [1.807, 2.05) is 30.3 Å². The maximum absolute atomic E-state index is 14.5. The molecule has 2 heterocycles. The molecule has 3 aromatic rings. The van der Waals surface area contributed by atoms with Crippen molar-refractivity contribution in [1.82, 2.24) is 0 Å². The van der Waals surface area contributed by atoms with E-state index in [0.717, 1.165) is 22.0 Å². The van der Waals surface area contributed by atoms with Crippen LogP contribution in [0.1, 0.15) is 42.3 Å². The molecule has 0 N–H and O–H groups in total. The quantitative estimate of drug-likeness (QED) is 0.197. The molecule has 5 rings (SSSR count). The van der Waals surface area contributed by atoms with Crippen LogP contribution in [0, 0.1) is 10.1 Å². The van der Waals surface area contributed by atoms with Gasteiger partial charge in [0.25, 0.3) is 15.7 Å². The Balaban J connectivity index is 1.76. The van der Waals surface area contributed by atoms with E-state index < -0.39 is 68.1 Å². The Hall–Kier alpha value is -4.53. The van der Waals surface area contributed by atoms with Crippen molar-refractivity contribution >= 4 is 33.3 Å². The van der Waals surface area contributed by atoms with E-state index in [1.165, 1.54) is 38.3 Å². The Morgan fingerprint density at radius 1 is 1.07 bits per heavy atom. The zero-order valence-electron chi connectivity index (χ0n) is 25.0. The minimum Gasteiger partial charge on any atom is -0.489 e. The fourth-order valence-electron chi connectivity index (χ4n) is 5.55. The Morgan fingerprint density at radius 3 is 2.42 bits per heavy atom. The minimum atomic E-state index is -4.70. The van der Waals surface area contributed by atoms with Crippen molar-refractivity contribution < 1.29 is 46.6 Å². The maximum Gasteiger partial charge on any atom is 0.338 e. The number of nitrogens with zero attached hydrogens (tertiary/aromatic N) is 2. The number of para-hydroxylation sites is 1. The number of hydrogen-bond donors (Lipinski definition) is 0. The van der Waals surface area contributed by atoms with Crippen LogP contribution >= 0.6 is 0 Å². The molecule has 1 saturated heterocycles. The summed E-state index contributed by atoms with van der Waals surface area (Å²) in [6.45, 7) is 4.16. The number of fused-ring (bicyclic) bond motifs is 2. The van der Waals surface area contributed by atoms with E-state index in [-0.39, 0.29) is 35.6 Å². The van der Waals surface area contributed by atoms with Gasteiger partial charge in [-0.25, -0.2) is 13.2 Å². The molecule has 45 heavy (non-hydrogen) atoms. The number of esters is 2. The number of carbonyl (C=O) groups excluding carboxylic acids is 2. The summed E-state index contributed by atoms with van der Waals surface area (Å²) in [6, 6.07) is 16.9. The van der Waals surface area contributed by atoms with Crippen LogP contribution < -0.4 is 9.04 Å². The van der Waals surface area contributed by atoms with E-state index in [2.05, 4.69) is 0 Å². The highest BCUT2D eigenvalue weighted by molar-refractivity contribution is 7.93. The maximum atomic E-state index is 14.5. The summed E-state index contributed by atoms with van der Waals surface area (Å²) in [6.07, 6.45) is -2.97. The molecular formula is C31H32N2O11S. The predicted octanol–water partition coefficient (Wildman–Crippen LogP) is 4.16. The highest BCUT2D eigenvalue weighted by atomic mass is 32.2. The normalized spacial score (nSPS) is 20.6. The number of benzene rings is 3. The Kier molecular flexibility index (Phi) is 8.83. The van der Waals surface area contributed by atoms with Gasteiger partial charge < -0.3 is 23.7 Å². The van der Waals surface area contributed by atoms with Gasteiger partial charge in [-0.1, -0.05) is 42.5 Å². The molecule has 0 amide bonds. The van der Waals surface area contributed by atoms with Crippen molar-refractivity contribution in [2.45, 2.75) is 62.8 Å². The number of nitro benzene ring substituents is 1. The summed E-state index contributed by atoms with van der Waals surface area (Å²) in [5, 5.41) is 11.9. The first-order valence-electron chi connectivity index (χ1n) is 14.0. The molecule has 3 atom stereocenters. The first kappa shape index (κ1) is 31.9. The highest BCUT2D eigenvalue weighted by Gasteiger charge is 2.51. The molecular weight excluding hydrogens is 608 g/mol. The van der Waals surface area contributed by atoms with E-state index in [0.29, 0.717) is 0 Å². The molecule has 3 aromatic carbocycles. The van der Waals surface area contributed by atoms with Gasteiger partial charge in [0, 0.05) is 25.0 Å². The van der Waals surface area contributed by atoms with Gasteiger partial charge >= 0.3 is 11.9 Å². The third kappa shape index (κ3) is 6.62. The van der Waals surface area contributed by atoms with Crippen LogP contribution in [-0.2, 0) is 46.8 Å². The first-order chi connectivity index (χ1) is 21.3. The second kappa shape index (κ2) is 12.5. The second-order valence-electron chi connectivity index (χ2n) is 11.0. The molecule has 13 nitrogen and oxygen atoms in total. The Bertz CT molecular complexity index is 1730. The average molecular weight is 641 g/mol. The van der Waals surface area contributed by atoms with E-state index >= 15 is 0 Å². The van der Waals surface area contributed by atoms with Gasteiger partial charge in [0.2, 0.25) is 0 Å². The lowest BCUT2D eigenvalue weighted by molar-refractivity contribution is -0.387. The largest absolute Gasteiger partial charge is 0.489 e. The van der Waals surface area contributed by atoms with Gasteiger partial charge in [-0.05, 0) is 37.6 Å². The van der Waals surface area contributed by atoms with E-state index in [9.17, 15) is 28.1 Å². The van der Waals surface area contributed by atoms with Crippen molar-refractivity contribution in [2.24, 2.45) is 0 Å². The van der Waals surface area contributed by atoms with E-state index in [1.54, 1.807) is 13.8 Å². The fraction of sp³-hybridized carbons (Fsp3) is 0.355. The lowest BCUT2D eigenvalue weighted by atomic mass is 9.94. The van der Waals surface area contributed by atoms with Crippen LogP contribution in [0.3, 0.4) is 0 Å². The molecule has 0 aliphatic carbocycles. The number of anilines is 1. The average Bonchev–Trinajstić information content (AvgIpc) is 3.31. The summed E-state index contributed by atoms with van der Waals surface area (Å²) in [5.41, 5.74) is 0.355. The van der Waals surface area contributed by atoms with Gasteiger partial charge in [0.05, 0.1) is 29.8 Å². The molecule has 0 radical (unpaired) electrons. The lowest BCUT2D eigenvalue weighted by Gasteiger charge is -2.36. The minimum absolute atomic E-state index is 0.0250. The summed E-state index contributed by atoms with van der Waals surface area (Å²) in [7, 11) is -3.52. The monoisotopic (exact) mass is 640 g/mol. The molecule has 0 aromatic heterocycles. The fourth-order valence-corrected chi connectivity index (χ4v) is 7.21. The van der Waals surface area contributed by atoms with E-state index in [4.69, 9.17) is 23.7 Å². The zero-order chi connectivity index (χ0) is 32.5. The molecule has 0 saturated carbocycles. The van der Waals surface area contributed by atoms with Gasteiger partial charge in [-0.2, -0.15) is 0 Å². The van der Waals surface area contributed by atoms with Crippen LogP contribution in [0.5, 0.6) is 5.75 Å². The van der Waals surface area contributed by atoms with Crippen LogP contribution in [-0.4, -0.2) is 63.0 Å². The standard InChI is InChI=1S/C31H32N2O11S/c1-19(34)42-26-16-22-24(14-21(30(35)40-4)15-25(22)41-18-20-10-6-5-7-11-20)32(17-27-29(26)44-31(2,3)43-27)45(38,39)28-13-9-8-12-23(28)33(36)37/h5-15,26-27,29H,16-18H2,1-4H3/t26-,27-,29-/m1/s1. The van der Waals surface area contributed by atoms with Crippen molar-refractivity contribution in [1.29, 1.82) is 0 Å². The van der Waals surface area contributed by atoms with Crippen molar-refractivity contribution in [3.05, 3.63) is 93.5 Å². The van der Waals surface area contributed by atoms with Crippen LogP contribution in [0.15, 0.2) is 71.6 Å². The van der Waals surface area contributed by atoms with Gasteiger partial charge in [0.15, 0.2) is 10.7 Å². The lowest BCUT2D eigenvalue weighted by Crippen LogP contribution is -2.49. The number of ether oxygens (including phenoxy) is 5. The number of rotatable bonds is 8. The van der Waals surface area contributed by atoms with Crippen LogP contribution in [0.2, 0.25) is 0 Å². The van der Waals surface area contributed by atoms with Gasteiger partial charge in [0.1, 0.15) is 30.7 Å². The number of nitro groups is 1. The molecule has 14 heteroatoms. The third-order valence-corrected chi connectivity index (χ3v) is 9.23. The molecule has 2 aliphatic heterocycles. The van der Waals surface area contributed by atoms with Crippen LogP contribution in [0.25, 0.3) is 0 Å². The first-order valence-corrected chi connectivity index (χ1v) is 15.5. The van der Waals surface area contributed by atoms with Crippen molar-refractivity contribution in [2.75, 3.05) is 18.0 Å². The molecule has 2 aliphatic rings. The smallest absolute Gasteiger partial charge is 0.338 e. The number of hydrogen-bond acceptors (Lipinski definition) is 11. The zero-order valence-corrected chi connectivity index (χ0v) is 25.8. The molecule has 238 valence electrons. The molecule has 0 unspecified atom stereocenters. The van der Waals surface area contributed by atoms with Gasteiger partial charge in [-0.3, -0.25) is 19.2 Å². The highest BCUT2D eigenvalue weighted by Crippen LogP contribution is 2.43. The number of sulfonamides is 1. The Labute approximate surface area is 259 Å². The van der Waals surface area contributed by atoms with Crippen molar-refractivity contribution in [3.63, 3.8) is 0 Å². The second-order valence-corrected chi connectivity index (χ2v) is 12.8. The summed E-state index contributed by atoms with van der Waals surface area (Å²) < 4.78 is 59.0. The molecule has 0 bridgehead atoms. The number of carbonyl (C=O) groups is 2. The topological polar surface area (TPSA) is 161 Å². The summed E-state index contributed by atoms with van der Waals surface area (Å²) >= 11 is 0. The SMILES string of the molecule is COC(=O)c1cc(OCc2ccccc2)c2c(c1)N(S(=O)(=O)c1ccccc1[N+](=O)[O-])C[C@H]1OC(C)(C)O[C@@H]1[C@H](OC(C)=O)C2. The number of methoxy groups -OCH3 is 1. The van der Waals surface area contributed by atoms with Crippen molar-refractivity contribution in [3.8, 4) is 5.75 Å². The molecule has 1 fully saturated rings. The van der Waals surface area contributed by atoms with Gasteiger partial charge in [-0.15, -0.1) is 0 Å². The predicted molar refractivity (Wildman–Crippen MR) is 159 cm³/mol. The molecule has 0 spiro atoms. The summed E-state index contributed by atoms with van der Waals surface area (Å²) in [4.78, 5) is 35.7. The Morgan fingerprint density at radius 2 is 1.76 bits per heavy atom.